The fourth-order valence-corrected chi connectivity index (χ4v) is 2.28. The number of hydrogen-bond acceptors (Lipinski definition) is 4. The third-order valence-corrected chi connectivity index (χ3v) is 3.16. The number of ether oxygens (including phenoxy) is 2. The summed E-state index contributed by atoms with van der Waals surface area (Å²) in [7, 11) is 0. The van der Waals surface area contributed by atoms with E-state index < -0.39 is 11.8 Å². The molecule has 4 nitrogen and oxygen atoms in total. The summed E-state index contributed by atoms with van der Waals surface area (Å²) in [6.45, 7) is 4.49. The van der Waals surface area contributed by atoms with Crippen LogP contribution >= 0.6 is 0 Å². The molecule has 0 radical (unpaired) electrons. The monoisotopic (exact) mass is 262 g/mol. The Labute approximate surface area is 112 Å². The highest BCUT2D eigenvalue weighted by Crippen LogP contribution is 2.29. The highest BCUT2D eigenvalue weighted by Gasteiger charge is 2.21. The first-order valence-electron chi connectivity index (χ1n) is 6.61. The Kier molecular flexibility index (Phi) is 4.20. The van der Waals surface area contributed by atoms with Crippen molar-refractivity contribution in [3.63, 3.8) is 0 Å². The Morgan fingerprint density at radius 2 is 2.11 bits per heavy atom. The molecule has 19 heavy (non-hydrogen) atoms. The largest absolute Gasteiger partial charge is 0.493 e. The van der Waals surface area contributed by atoms with Crippen molar-refractivity contribution < 1.29 is 19.1 Å². The molecule has 1 aromatic rings. The van der Waals surface area contributed by atoms with Gasteiger partial charge in [-0.25, -0.2) is 4.79 Å². The fourth-order valence-electron chi connectivity index (χ4n) is 2.28. The quantitative estimate of drug-likeness (QED) is 0.477. The van der Waals surface area contributed by atoms with E-state index in [-0.39, 0.29) is 6.61 Å². The third kappa shape index (κ3) is 2.95. The number of esters is 1. The van der Waals surface area contributed by atoms with Crippen molar-refractivity contribution in [2.45, 2.75) is 33.1 Å². The molecular weight excluding hydrogens is 244 g/mol. The van der Waals surface area contributed by atoms with Crippen molar-refractivity contribution >= 4 is 11.8 Å². The molecule has 1 aliphatic rings. The van der Waals surface area contributed by atoms with Crippen LogP contribution in [0.1, 0.15) is 41.3 Å². The summed E-state index contributed by atoms with van der Waals surface area (Å²) in [6, 6.07) is 3.45. The molecule has 1 aromatic carbocycles. The normalized spacial score (nSPS) is 14.0. The van der Waals surface area contributed by atoms with Crippen LogP contribution < -0.4 is 4.74 Å². The molecule has 2 rings (SSSR count). The molecule has 0 aromatic heterocycles. The van der Waals surface area contributed by atoms with Crippen LogP contribution in [0.15, 0.2) is 12.1 Å². The average molecular weight is 262 g/mol. The zero-order valence-electron chi connectivity index (χ0n) is 11.3. The minimum atomic E-state index is -0.795. The molecule has 0 fully saturated rings. The van der Waals surface area contributed by atoms with Crippen molar-refractivity contribution in [1.82, 2.24) is 0 Å². The summed E-state index contributed by atoms with van der Waals surface area (Å²) in [6.07, 6.45) is 2.92. The Morgan fingerprint density at radius 3 is 2.84 bits per heavy atom. The molecule has 0 atom stereocenters. The van der Waals surface area contributed by atoms with Gasteiger partial charge < -0.3 is 9.47 Å². The highest BCUT2D eigenvalue weighted by atomic mass is 16.5. The number of Topliss-reactive ketones (excluding diaryl/α,β-unsaturated/α-hetero) is 1. The second-order valence-electron chi connectivity index (χ2n) is 4.64. The fraction of sp³-hybridized carbons (Fsp3) is 0.467. The van der Waals surface area contributed by atoms with Crippen molar-refractivity contribution in [3.05, 3.63) is 28.8 Å². The molecule has 1 heterocycles. The van der Waals surface area contributed by atoms with Crippen molar-refractivity contribution in [2.24, 2.45) is 0 Å². The van der Waals surface area contributed by atoms with Gasteiger partial charge in [0.15, 0.2) is 0 Å². The van der Waals surface area contributed by atoms with E-state index >= 15 is 0 Å². The predicted molar refractivity (Wildman–Crippen MR) is 70.6 cm³/mol. The molecule has 1 aliphatic heterocycles. The van der Waals surface area contributed by atoms with Crippen LogP contribution in [0.5, 0.6) is 5.75 Å². The first-order chi connectivity index (χ1) is 9.13. The van der Waals surface area contributed by atoms with E-state index in [1.807, 2.05) is 6.92 Å². The molecule has 0 spiro atoms. The van der Waals surface area contributed by atoms with Crippen molar-refractivity contribution in [1.29, 1.82) is 0 Å². The first kappa shape index (κ1) is 13.6. The lowest BCUT2D eigenvalue weighted by Gasteiger charge is -2.12. The van der Waals surface area contributed by atoms with E-state index in [1.165, 1.54) is 0 Å². The van der Waals surface area contributed by atoms with Gasteiger partial charge in [0.2, 0.25) is 0 Å². The molecule has 0 amide bonds. The first-order valence-corrected chi connectivity index (χ1v) is 6.61. The van der Waals surface area contributed by atoms with Crippen LogP contribution in [0.3, 0.4) is 0 Å². The van der Waals surface area contributed by atoms with Crippen LogP contribution in [0, 0.1) is 6.92 Å². The number of carbonyl (C=O) groups excluding carboxylic acids is 2. The van der Waals surface area contributed by atoms with E-state index in [0.717, 1.165) is 36.1 Å². The maximum atomic E-state index is 11.9. The van der Waals surface area contributed by atoms with Gasteiger partial charge in [0.05, 0.1) is 13.2 Å². The van der Waals surface area contributed by atoms with Gasteiger partial charge in [-0.15, -0.1) is 0 Å². The number of hydrogen-bond donors (Lipinski definition) is 0. The van der Waals surface area contributed by atoms with Gasteiger partial charge in [0.25, 0.3) is 5.78 Å². The Balaban J connectivity index is 2.33. The van der Waals surface area contributed by atoms with Gasteiger partial charge in [0, 0.05) is 5.56 Å². The number of ketones is 1. The van der Waals surface area contributed by atoms with Crippen LogP contribution in [-0.4, -0.2) is 25.0 Å². The molecular formula is C15H18O4. The number of rotatable bonds is 3. The molecule has 4 heteroatoms. The summed E-state index contributed by atoms with van der Waals surface area (Å²) in [5, 5.41) is 0. The van der Waals surface area contributed by atoms with E-state index in [1.54, 1.807) is 19.1 Å². The standard InChI is InChI=1S/C15H18O4/c1-3-18-15(17)13(16)12-8-10(2)14-11(9-12)6-4-5-7-19-14/h8-9H,3-7H2,1-2H3. The summed E-state index contributed by atoms with van der Waals surface area (Å²) >= 11 is 0. The number of carbonyl (C=O) groups is 2. The van der Waals surface area contributed by atoms with Gasteiger partial charge in [-0.3, -0.25) is 4.79 Å². The molecule has 0 N–H and O–H groups in total. The smallest absolute Gasteiger partial charge is 0.379 e. The minimum Gasteiger partial charge on any atom is -0.493 e. The molecule has 0 saturated heterocycles. The van der Waals surface area contributed by atoms with Gasteiger partial charge in [0.1, 0.15) is 5.75 Å². The van der Waals surface area contributed by atoms with Crippen LogP contribution in [-0.2, 0) is 16.0 Å². The topological polar surface area (TPSA) is 52.6 Å². The van der Waals surface area contributed by atoms with E-state index in [9.17, 15) is 9.59 Å². The lowest BCUT2D eigenvalue weighted by atomic mass is 9.99. The van der Waals surface area contributed by atoms with Gasteiger partial charge in [-0.1, -0.05) is 0 Å². The van der Waals surface area contributed by atoms with Gasteiger partial charge in [-0.2, -0.15) is 0 Å². The van der Waals surface area contributed by atoms with Crippen LogP contribution in [0.2, 0.25) is 0 Å². The van der Waals surface area contributed by atoms with E-state index in [0.29, 0.717) is 12.2 Å². The number of fused-ring (bicyclic) bond motifs is 1. The molecule has 0 bridgehead atoms. The second-order valence-corrected chi connectivity index (χ2v) is 4.64. The second kappa shape index (κ2) is 5.87. The minimum absolute atomic E-state index is 0.206. The maximum Gasteiger partial charge on any atom is 0.379 e. The van der Waals surface area contributed by atoms with E-state index in [2.05, 4.69) is 0 Å². The Bertz CT molecular complexity index is 505. The van der Waals surface area contributed by atoms with Gasteiger partial charge >= 0.3 is 5.97 Å². The molecule has 0 unspecified atom stereocenters. The number of benzene rings is 1. The number of aryl methyl sites for hydroxylation is 2. The zero-order chi connectivity index (χ0) is 13.8. The van der Waals surface area contributed by atoms with Gasteiger partial charge in [-0.05, 0) is 56.4 Å². The Hall–Kier alpha value is -1.84. The van der Waals surface area contributed by atoms with Crippen LogP contribution in [0.25, 0.3) is 0 Å². The third-order valence-electron chi connectivity index (χ3n) is 3.16. The predicted octanol–water partition coefficient (Wildman–Crippen LogP) is 2.46. The van der Waals surface area contributed by atoms with Crippen LogP contribution in [0.4, 0.5) is 0 Å². The SMILES string of the molecule is CCOC(=O)C(=O)c1cc(C)c2c(c1)CCCCO2. The van der Waals surface area contributed by atoms with E-state index in [4.69, 9.17) is 9.47 Å². The lowest BCUT2D eigenvalue weighted by Crippen LogP contribution is -2.18. The molecule has 0 aliphatic carbocycles. The summed E-state index contributed by atoms with van der Waals surface area (Å²) in [4.78, 5) is 23.4. The summed E-state index contributed by atoms with van der Waals surface area (Å²) < 4.78 is 10.4. The summed E-state index contributed by atoms with van der Waals surface area (Å²) in [5.41, 5.74) is 2.29. The Morgan fingerprint density at radius 1 is 1.32 bits per heavy atom. The van der Waals surface area contributed by atoms with Crippen molar-refractivity contribution in [2.75, 3.05) is 13.2 Å². The highest BCUT2D eigenvalue weighted by molar-refractivity contribution is 6.40. The summed E-state index contributed by atoms with van der Waals surface area (Å²) in [5.74, 6) is -0.522. The zero-order valence-corrected chi connectivity index (χ0v) is 11.3. The lowest BCUT2D eigenvalue weighted by molar-refractivity contribution is -0.137. The maximum absolute atomic E-state index is 11.9. The average Bonchev–Trinajstić information content (AvgIpc) is 2.63. The van der Waals surface area contributed by atoms with Crippen molar-refractivity contribution in [3.8, 4) is 5.75 Å². The molecule has 0 saturated carbocycles. The molecule has 102 valence electrons.